The number of aliphatic hydroxyl groups excluding tert-OH is 1. The molecule has 1 N–H and O–H groups in total. The topological polar surface area (TPSA) is 47.9 Å². The summed E-state index contributed by atoms with van der Waals surface area (Å²) < 4.78 is 18.7. The lowest BCUT2D eigenvalue weighted by atomic mass is 10.1. The highest BCUT2D eigenvalue weighted by Gasteiger charge is 2.46. The molecule has 4 nitrogen and oxygen atoms in total. The van der Waals surface area contributed by atoms with Crippen molar-refractivity contribution in [1.29, 1.82) is 0 Å². The SMILES string of the molecule is C=CCC(OCc1ccccc1)[C@H](C)O.C=CCC(OCc1ccccc1)[C@H](C)O[Si](C(C)C)(C(C)C)C(C)C. The fourth-order valence-corrected chi connectivity index (χ4v) is 11.1. The van der Waals surface area contributed by atoms with Gasteiger partial charge in [0.05, 0.1) is 37.6 Å². The van der Waals surface area contributed by atoms with Crippen LogP contribution in [0.3, 0.4) is 0 Å². The number of hydrogen-bond acceptors (Lipinski definition) is 4. The van der Waals surface area contributed by atoms with Gasteiger partial charge < -0.3 is 19.0 Å². The lowest BCUT2D eigenvalue weighted by Crippen LogP contribution is -2.52. The minimum atomic E-state index is -1.91. The van der Waals surface area contributed by atoms with Gasteiger partial charge >= 0.3 is 0 Å². The van der Waals surface area contributed by atoms with Crippen molar-refractivity contribution in [3.63, 3.8) is 0 Å². The van der Waals surface area contributed by atoms with Crippen molar-refractivity contribution < 1.29 is 19.0 Å². The Labute approximate surface area is 246 Å². The zero-order chi connectivity index (χ0) is 30.1. The summed E-state index contributed by atoms with van der Waals surface area (Å²) in [4.78, 5) is 0. The van der Waals surface area contributed by atoms with Crippen LogP contribution in [-0.4, -0.2) is 37.8 Å². The number of ether oxygens (including phenoxy) is 2. The quantitative estimate of drug-likeness (QED) is 0.153. The molecule has 2 rings (SSSR count). The molecule has 224 valence electrons. The van der Waals surface area contributed by atoms with E-state index in [0.717, 1.165) is 12.0 Å². The molecule has 0 saturated carbocycles. The Bertz CT molecular complexity index is 905. The third kappa shape index (κ3) is 11.8. The van der Waals surface area contributed by atoms with Gasteiger partial charge in [-0.25, -0.2) is 0 Å². The molecular formula is C35H56O4Si. The molecule has 2 unspecified atom stereocenters. The largest absolute Gasteiger partial charge is 0.411 e. The molecule has 0 fully saturated rings. The average Bonchev–Trinajstić information content (AvgIpc) is 2.92. The maximum absolute atomic E-state index is 9.45. The monoisotopic (exact) mass is 568 g/mol. The summed E-state index contributed by atoms with van der Waals surface area (Å²) in [7, 11) is -1.91. The van der Waals surface area contributed by atoms with Crippen LogP contribution in [0.2, 0.25) is 16.6 Å². The van der Waals surface area contributed by atoms with Crippen molar-refractivity contribution in [2.75, 3.05) is 0 Å². The van der Waals surface area contributed by atoms with Crippen molar-refractivity contribution in [3.8, 4) is 0 Å². The Morgan fingerprint density at radius 2 is 1.02 bits per heavy atom. The Morgan fingerprint density at radius 3 is 1.38 bits per heavy atom. The maximum Gasteiger partial charge on any atom is 0.200 e. The van der Waals surface area contributed by atoms with Crippen LogP contribution >= 0.6 is 0 Å². The van der Waals surface area contributed by atoms with Crippen molar-refractivity contribution in [3.05, 3.63) is 97.1 Å². The van der Waals surface area contributed by atoms with Crippen molar-refractivity contribution in [2.24, 2.45) is 0 Å². The summed E-state index contributed by atoms with van der Waals surface area (Å²) in [5.74, 6) is 0. The third-order valence-corrected chi connectivity index (χ3v) is 13.8. The highest BCUT2D eigenvalue weighted by Crippen LogP contribution is 2.43. The number of aliphatic hydroxyl groups is 1. The summed E-state index contributed by atoms with van der Waals surface area (Å²) in [6, 6.07) is 20.3. The van der Waals surface area contributed by atoms with E-state index in [2.05, 4.69) is 85.9 Å². The lowest BCUT2D eigenvalue weighted by molar-refractivity contribution is -0.0358. The van der Waals surface area contributed by atoms with Crippen LogP contribution in [0, 0.1) is 0 Å². The molecule has 0 aliphatic heterocycles. The summed E-state index contributed by atoms with van der Waals surface area (Å²) in [5, 5.41) is 9.45. The van der Waals surface area contributed by atoms with Crippen LogP contribution in [0.1, 0.15) is 79.4 Å². The van der Waals surface area contributed by atoms with E-state index in [9.17, 15) is 5.11 Å². The molecule has 0 saturated heterocycles. The molecule has 0 radical (unpaired) electrons. The first kappa shape index (κ1) is 36.0. The second-order valence-corrected chi connectivity index (χ2v) is 17.0. The molecular weight excluding hydrogens is 512 g/mol. The maximum atomic E-state index is 9.45. The minimum Gasteiger partial charge on any atom is -0.411 e. The van der Waals surface area contributed by atoms with E-state index in [1.807, 2.05) is 42.5 Å². The number of hydrogen-bond donors (Lipinski definition) is 1. The normalized spacial score (nSPS) is 14.8. The van der Waals surface area contributed by atoms with Crippen molar-refractivity contribution in [1.82, 2.24) is 0 Å². The summed E-state index contributed by atoms with van der Waals surface area (Å²) >= 11 is 0. The minimum absolute atomic E-state index is 0.0424. The van der Waals surface area contributed by atoms with E-state index in [1.54, 1.807) is 13.0 Å². The van der Waals surface area contributed by atoms with Gasteiger partial charge in [0.2, 0.25) is 8.32 Å². The van der Waals surface area contributed by atoms with Gasteiger partial charge in [-0.15, -0.1) is 13.2 Å². The van der Waals surface area contributed by atoms with Crippen LogP contribution in [0.15, 0.2) is 86.0 Å². The molecule has 5 heteroatoms. The van der Waals surface area contributed by atoms with Gasteiger partial charge in [0, 0.05) is 0 Å². The Hall–Kier alpha value is -2.02. The molecule has 0 bridgehead atoms. The van der Waals surface area contributed by atoms with Crippen LogP contribution in [-0.2, 0) is 27.1 Å². The van der Waals surface area contributed by atoms with E-state index in [4.69, 9.17) is 13.9 Å². The Kier molecular flexibility index (Phi) is 17.2. The predicted molar refractivity (Wildman–Crippen MR) is 173 cm³/mol. The molecule has 0 aliphatic carbocycles. The Balaban J connectivity index is 0.000000453. The van der Waals surface area contributed by atoms with Crippen LogP contribution in [0.25, 0.3) is 0 Å². The smallest absolute Gasteiger partial charge is 0.200 e. The van der Waals surface area contributed by atoms with Gasteiger partial charge in [0.15, 0.2) is 0 Å². The van der Waals surface area contributed by atoms with Crippen LogP contribution < -0.4 is 0 Å². The summed E-state index contributed by atoms with van der Waals surface area (Å²) in [5.41, 5.74) is 4.05. The number of benzene rings is 2. The third-order valence-electron chi connectivity index (χ3n) is 7.57. The first-order valence-corrected chi connectivity index (χ1v) is 17.0. The van der Waals surface area contributed by atoms with E-state index >= 15 is 0 Å². The van der Waals surface area contributed by atoms with Gasteiger partial charge in [0.1, 0.15) is 0 Å². The zero-order valence-corrected chi connectivity index (χ0v) is 27.4. The van der Waals surface area contributed by atoms with E-state index < -0.39 is 14.4 Å². The Morgan fingerprint density at radius 1 is 0.650 bits per heavy atom. The summed E-state index contributed by atoms with van der Waals surface area (Å²) in [6.45, 7) is 26.6. The molecule has 2 aromatic rings. The first-order chi connectivity index (χ1) is 19.0. The van der Waals surface area contributed by atoms with Gasteiger partial charge in [-0.3, -0.25) is 0 Å². The molecule has 0 aliphatic rings. The standard InChI is InChI=1S/C22H38O2Si.C13H18O2/c1-9-13-22(23-16-21-14-11-10-12-15-21)20(8)24-25(17(2)3,18(4)5)19(6)7;1-3-7-13(11(2)14)15-10-12-8-5-4-6-9-12/h9-12,14-15,17-20,22H,1,13,16H2,2-8H3;3-6,8-9,11,13-14H,1,7,10H2,2H3/t20-,22?;11-,13?/m00/s1. The average molecular weight is 569 g/mol. The fraction of sp³-hybridized carbons (Fsp3) is 0.543. The zero-order valence-electron chi connectivity index (χ0n) is 26.4. The van der Waals surface area contributed by atoms with Crippen LogP contribution in [0.5, 0.6) is 0 Å². The second-order valence-electron chi connectivity index (χ2n) is 11.6. The van der Waals surface area contributed by atoms with E-state index in [-0.39, 0.29) is 18.3 Å². The summed E-state index contributed by atoms with van der Waals surface area (Å²) in [6.07, 6.45) is 4.68. The fourth-order valence-electron chi connectivity index (χ4n) is 5.49. The molecule has 2 aromatic carbocycles. The van der Waals surface area contributed by atoms with Gasteiger partial charge in [-0.05, 0) is 54.4 Å². The molecule has 0 aromatic heterocycles. The molecule has 0 amide bonds. The molecule has 40 heavy (non-hydrogen) atoms. The van der Waals surface area contributed by atoms with Crippen molar-refractivity contribution >= 4 is 8.32 Å². The highest BCUT2D eigenvalue weighted by atomic mass is 28.4. The van der Waals surface area contributed by atoms with Gasteiger partial charge in [-0.1, -0.05) is 114 Å². The molecule has 0 spiro atoms. The molecule has 4 atom stereocenters. The van der Waals surface area contributed by atoms with E-state index in [0.29, 0.717) is 36.3 Å². The van der Waals surface area contributed by atoms with Gasteiger partial charge in [0.25, 0.3) is 0 Å². The number of rotatable bonds is 17. The predicted octanol–water partition coefficient (Wildman–Crippen LogP) is 9.26. The second kappa shape index (κ2) is 19.2. The van der Waals surface area contributed by atoms with Gasteiger partial charge in [-0.2, -0.15) is 0 Å². The lowest BCUT2D eigenvalue weighted by Gasteiger charge is -2.45. The molecule has 0 heterocycles. The highest BCUT2D eigenvalue weighted by molar-refractivity contribution is 6.77. The van der Waals surface area contributed by atoms with Crippen LogP contribution in [0.4, 0.5) is 0 Å². The first-order valence-electron chi connectivity index (χ1n) is 14.9. The van der Waals surface area contributed by atoms with Crippen molar-refractivity contribution in [2.45, 2.75) is 122 Å². The van der Waals surface area contributed by atoms with E-state index in [1.165, 1.54) is 5.56 Å².